The first-order valence-electron chi connectivity index (χ1n) is 10.6. The molecule has 3 aromatic carbocycles. The molecule has 3 rings (SSSR count). The molecule has 2 amide bonds. The molecule has 0 unspecified atom stereocenters. The molecule has 0 heterocycles. The summed E-state index contributed by atoms with van der Waals surface area (Å²) in [6.07, 6.45) is 3.03. The molecule has 0 aliphatic rings. The molecule has 0 spiro atoms. The fourth-order valence-electron chi connectivity index (χ4n) is 3.04. The van der Waals surface area contributed by atoms with Crippen LogP contribution in [0.25, 0.3) is 6.08 Å². The Bertz CT molecular complexity index is 1150. The lowest BCUT2D eigenvalue weighted by Gasteiger charge is -2.17. The maximum Gasteiger partial charge on any atom is 0.255 e. The van der Waals surface area contributed by atoms with Gasteiger partial charge in [-0.2, -0.15) is 0 Å². The lowest BCUT2D eigenvalue weighted by Crippen LogP contribution is -2.14. The highest BCUT2D eigenvalue weighted by Gasteiger charge is 2.16. The number of benzene rings is 3. The van der Waals surface area contributed by atoms with Crippen LogP contribution in [0.4, 0.5) is 11.4 Å². The van der Waals surface area contributed by atoms with Crippen LogP contribution < -0.4 is 20.1 Å². The molecule has 0 aliphatic heterocycles. The fraction of sp³-hybridized carbons (Fsp3) is 0.154. The normalized spacial score (nSPS) is 10.6. The SMILES string of the molecule is CCOc1cc(NC(=O)c2ccccc2)c(OCC)cc1NC(=O)/C=C/c1ccccc1Cl. The minimum Gasteiger partial charge on any atom is -0.492 e. The average Bonchev–Trinajstić information content (AvgIpc) is 2.82. The van der Waals surface area contributed by atoms with Crippen LogP contribution in [0.1, 0.15) is 29.8 Å². The average molecular weight is 465 g/mol. The third kappa shape index (κ3) is 6.60. The molecule has 7 heteroatoms. The van der Waals surface area contributed by atoms with Gasteiger partial charge in [-0.05, 0) is 43.7 Å². The van der Waals surface area contributed by atoms with Gasteiger partial charge in [0.1, 0.15) is 11.5 Å². The van der Waals surface area contributed by atoms with Crippen molar-refractivity contribution < 1.29 is 19.1 Å². The van der Waals surface area contributed by atoms with Gasteiger partial charge >= 0.3 is 0 Å². The number of anilines is 2. The third-order valence-corrected chi connectivity index (χ3v) is 4.89. The number of hydrogen-bond acceptors (Lipinski definition) is 4. The van der Waals surface area contributed by atoms with E-state index in [4.69, 9.17) is 21.1 Å². The molecule has 2 N–H and O–H groups in total. The van der Waals surface area contributed by atoms with Crippen molar-refractivity contribution in [2.45, 2.75) is 13.8 Å². The number of amides is 2. The fourth-order valence-corrected chi connectivity index (χ4v) is 3.24. The van der Waals surface area contributed by atoms with Crippen LogP contribution in [0.3, 0.4) is 0 Å². The number of hydrogen-bond donors (Lipinski definition) is 2. The summed E-state index contributed by atoms with van der Waals surface area (Å²) in [6.45, 7) is 4.42. The van der Waals surface area contributed by atoms with E-state index in [2.05, 4.69) is 10.6 Å². The molecule has 3 aromatic rings. The summed E-state index contributed by atoms with van der Waals surface area (Å²) in [7, 11) is 0. The van der Waals surface area contributed by atoms with Crippen LogP contribution in [0.15, 0.2) is 72.8 Å². The van der Waals surface area contributed by atoms with Gasteiger partial charge in [-0.3, -0.25) is 9.59 Å². The van der Waals surface area contributed by atoms with Crippen molar-refractivity contribution in [2.24, 2.45) is 0 Å². The van der Waals surface area contributed by atoms with E-state index >= 15 is 0 Å². The minimum atomic E-state index is -0.362. The van der Waals surface area contributed by atoms with E-state index in [-0.39, 0.29) is 11.8 Å². The second kappa shape index (κ2) is 11.7. The van der Waals surface area contributed by atoms with Crippen molar-refractivity contribution in [2.75, 3.05) is 23.8 Å². The summed E-state index contributed by atoms with van der Waals surface area (Å²) in [5, 5.41) is 6.22. The predicted octanol–water partition coefficient (Wildman–Crippen LogP) is 6.04. The van der Waals surface area contributed by atoms with Gasteiger partial charge in [-0.25, -0.2) is 0 Å². The molecule has 0 aliphatic carbocycles. The Morgan fingerprint density at radius 2 is 1.42 bits per heavy atom. The zero-order valence-electron chi connectivity index (χ0n) is 18.4. The predicted molar refractivity (Wildman–Crippen MR) is 132 cm³/mol. The van der Waals surface area contributed by atoms with E-state index in [0.29, 0.717) is 46.7 Å². The number of halogens is 1. The van der Waals surface area contributed by atoms with Gasteiger partial charge in [0.05, 0.1) is 24.6 Å². The first-order chi connectivity index (χ1) is 16.0. The van der Waals surface area contributed by atoms with Gasteiger partial charge in [-0.1, -0.05) is 48.0 Å². The summed E-state index contributed by atoms with van der Waals surface area (Å²) in [4.78, 5) is 25.2. The molecule has 0 radical (unpaired) electrons. The standard InChI is InChI=1S/C26H25ClN2O4/c1-3-32-23-17-22(29-26(31)19-11-6-5-7-12-19)24(33-4-2)16-21(23)28-25(30)15-14-18-10-8-9-13-20(18)27/h5-17H,3-4H2,1-2H3,(H,28,30)(H,29,31)/b15-14+. The van der Waals surface area contributed by atoms with Crippen molar-refractivity contribution in [3.8, 4) is 11.5 Å². The van der Waals surface area contributed by atoms with E-state index < -0.39 is 0 Å². The Hall–Kier alpha value is -3.77. The number of rotatable bonds is 9. The maximum absolute atomic E-state index is 12.7. The van der Waals surface area contributed by atoms with Crippen molar-refractivity contribution in [3.63, 3.8) is 0 Å². The van der Waals surface area contributed by atoms with Crippen LogP contribution in [-0.2, 0) is 4.79 Å². The van der Waals surface area contributed by atoms with Crippen molar-refractivity contribution in [1.82, 2.24) is 0 Å². The third-order valence-electron chi connectivity index (χ3n) is 4.54. The smallest absolute Gasteiger partial charge is 0.255 e. The van der Waals surface area contributed by atoms with Crippen LogP contribution in [0.2, 0.25) is 5.02 Å². The molecule has 6 nitrogen and oxygen atoms in total. The Balaban J connectivity index is 1.86. The summed E-state index contributed by atoms with van der Waals surface area (Å²) in [5.74, 6) is 0.178. The van der Waals surface area contributed by atoms with Gasteiger partial charge in [0.2, 0.25) is 5.91 Å². The van der Waals surface area contributed by atoms with Gasteiger partial charge in [0.25, 0.3) is 5.91 Å². The maximum atomic E-state index is 12.7. The highest BCUT2D eigenvalue weighted by atomic mass is 35.5. The van der Waals surface area contributed by atoms with Gasteiger partial charge in [-0.15, -0.1) is 0 Å². The topological polar surface area (TPSA) is 76.7 Å². The zero-order valence-corrected chi connectivity index (χ0v) is 19.2. The van der Waals surface area contributed by atoms with Crippen molar-refractivity contribution >= 4 is 40.9 Å². The van der Waals surface area contributed by atoms with Crippen LogP contribution in [-0.4, -0.2) is 25.0 Å². The second-order valence-corrected chi connectivity index (χ2v) is 7.28. The largest absolute Gasteiger partial charge is 0.492 e. The number of carbonyl (C=O) groups excluding carboxylic acids is 2. The molecular formula is C26H25ClN2O4. The molecule has 33 heavy (non-hydrogen) atoms. The van der Waals surface area contributed by atoms with E-state index in [1.165, 1.54) is 6.08 Å². The molecule has 0 saturated carbocycles. The molecule has 0 fully saturated rings. The highest BCUT2D eigenvalue weighted by Crippen LogP contribution is 2.37. The highest BCUT2D eigenvalue weighted by molar-refractivity contribution is 6.32. The summed E-state index contributed by atoms with van der Waals surface area (Å²) >= 11 is 6.14. The number of nitrogens with one attached hydrogen (secondary N) is 2. The molecule has 0 saturated heterocycles. The van der Waals surface area contributed by atoms with Crippen LogP contribution >= 0.6 is 11.6 Å². The minimum absolute atomic E-state index is 0.279. The van der Waals surface area contributed by atoms with Crippen molar-refractivity contribution in [3.05, 3.63) is 89.0 Å². The Kier molecular flexibility index (Phi) is 8.49. The lowest BCUT2D eigenvalue weighted by atomic mass is 10.2. The molecule has 0 bridgehead atoms. The van der Waals surface area contributed by atoms with E-state index in [0.717, 1.165) is 5.56 Å². The second-order valence-electron chi connectivity index (χ2n) is 6.87. The van der Waals surface area contributed by atoms with Crippen molar-refractivity contribution in [1.29, 1.82) is 0 Å². The monoisotopic (exact) mass is 464 g/mol. The lowest BCUT2D eigenvalue weighted by molar-refractivity contribution is -0.111. The Labute approximate surface area is 198 Å². The van der Waals surface area contributed by atoms with Gasteiger partial charge in [0.15, 0.2) is 0 Å². The molecule has 170 valence electrons. The Morgan fingerprint density at radius 1 is 0.848 bits per heavy atom. The van der Waals surface area contributed by atoms with E-state index in [9.17, 15) is 9.59 Å². The zero-order chi connectivity index (χ0) is 23.6. The Morgan fingerprint density at radius 3 is 2.03 bits per heavy atom. The first kappa shape index (κ1) is 23.9. The number of ether oxygens (including phenoxy) is 2. The van der Waals surface area contributed by atoms with Gasteiger partial charge in [0, 0.05) is 28.8 Å². The first-order valence-corrected chi connectivity index (χ1v) is 10.9. The number of carbonyl (C=O) groups is 2. The molecular weight excluding hydrogens is 440 g/mol. The van der Waals surface area contributed by atoms with Gasteiger partial charge < -0.3 is 20.1 Å². The van der Waals surface area contributed by atoms with Crippen LogP contribution in [0.5, 0.6) is 11.5 Å². The summed E-state index contributed by atoms with van der Waals surface area (Å²) in [5.41, 5.74) is 2.11. The molecule has 0 aromatic heterocycles. The van der Waals surface area contributed by atoms with E-state index in [1.807, 2.05) is 38.1 Å². The quantitative estimate of drug-likeness (QED) is 0.378. The summed E-state index contributed by atoms with van der Waals surface area (Å²) < 4.78 is 11.4. The van der Waals surface area contributed by atoms with E-state index in [1.54, 1.807) is 48.5 Å². The summed E-state index contributed by atoms with van der Waals surface area (Å²) in [6, 6.07) is 19.4. The van der Waals surface area contributed by atoms with Crippen LogP contribution in [0, 0.1) is 0 Å². The molecule has 0 atom stereocenters.